The second-order valence-corrected chi connectivity index (χ2v) is 6.77. The fraction of sp³-hybridized carbons (Fsp3) is 0.400. The van der Waals surface area contributed by atoms with Gasteiger partial charge in [0.1, 0.15) is 6.61 Å². The van der Waals surface area contributed by atoms with Crippen LogP contribution in [0.2, 0.25) is 0 Å². The Kier molecular flexibility index (Phi) is 5.37. The summed E-state index contributed by atoms with van der Waals surface area (Å²) in [5.41, 5.74) is 8.00. The molecule has 1 aliphatic heterocycles. The van der Waals surface area contributed by atoms with Crippen molar-refractivity contribution >= 4 is 0 Å². The molecule has 0 radical (unpaired) electrons. The molecule has 134 valence electrons. The molecule has 1 fully saturated rings. The number of ether oxygens (including phenoxy) is 3. The second kappa shape index (κ2) is 7.52. The van der Waals surface area contributed by atoms with Crippen LogP contribution in [0.3, 0.4) is 0 Å². The SMILES string of the molecule is CC1(C)OC[C@H]([C@@H](N)Cc2ccc(OCc3ccccc3)c(F)c2)O1. The molecule has 2 atom stereocenters. The first kappa shape index (κ1) is 17.9. The highest BCUT2D eigenvalue weighted by Gasteiger charge is 2.35. The third-order valence-corrected chi connectivity index (χ3v) is 4.21. The quantitative estimate of drug-likeness (QED) is 0.871. The molecule has 1 heterocycles. The van der Waals surface area contributed by atoms with Gasteiger partial charge in [0.25, 0.3) is 0 Å². The number of halogens is 1. The van der Waals surface area contributed by atoms with E-state index in [2.05, 4.69) is 0 Å². The molecule has 4 nitrogen and oxygen atoms in total. The van der Waals surface area contributed by atoms with Crippen molar-refractivity contribution in [3.8, 4) is 5.75 Å². The van der Waals surface area contributed by atoms with Gasteiger partial charge in [0.15, 0.2) is 17.4 Å². The number of benzene rings is 2. The standard InChI is InChI=1S/C20H24FNO3/c1-20(2)24-13-19(25-20)17(22)11-15-8-9-18(16(21)10-15)23-12-14-6-4-3-5-7-14/h3-10,17,19H,11-13,22H2,1-2H3/t17-,19+/m0/s1. The van der Waals surface area contributed by atoms with Gasteiger partial charge >= 0.3 is 0 Å². The molecule has 2 aromatic rings. The minimum absolute atomic E-state index is 0.188. The number of nitrogens with two attached hydrogens (primary N) is 1. The van der Waals surface area contributed by atoms with Crippen LogP contribution in [0.4, 0.5) is 4.39 Å². The third kappa shape index (κ3) is 4.78. The fourth-order valence-electron chi connectivity index (χ4n) is 2.85. The van der Waals surface area contributed by atoms with Crippen LogP contribution in [0, 0.1) is 5.82 Å². The first-order chi connectivity index (χ1) is 11.9. The number of rotatable bonds is 6. The van der Waals surface area contributed by atoms with Gasteiger partial charge in [-0.15, -0.1) is 0 Å². The molecule has 2 N–H and O–H groups in total. The Bertz CT molecular complexity index is 705. The molecule has 25 heavy (non-hydrogen) atoms. The van der Waals surface area contributed by atoms with Crippen LogP contribution < -0.4 is 10.5 Å². The Morgan fingerprint density at radius 2 is 1.96 bits per heavy atom. The molecule has 1 aliphatic rings. The summed E-state index contributed by atoms with van der Waals surface area (Å²) in [4.78, 5) is 0. The zero-order chi connectivity index (χ0) is 17.9. The van der Waals surface area contributed by atoms with Crippen LogP contribution in [-0.4, -0.2) is 24.5 Å². The van der Waals surface area contributed by atoms with Crippen molar-refractivity contribution in [1.29, 1.82) is 0 Å². The summed E-state index contributed by atoms with van der Waals surface area (Å²) in [6.45, 7) is 4.50. The van der Waals surface area contributed by atoms with Gasteiger partial charge in [-0.25, -0.2) is 4.39 Å². The van der Waals surface area contributed by atoms with Gasteiger partial charge in [-0.1, -0.05) is 36.4 Å². The molecule has 0 aliphatic carbocycles. The van der Waals surface area contributed by atoms with Gasteiger partial charge in [-0.3, -0.25) is 0 Å². The van der Waals surface area contributed by atoms with E-state index in [0.29, 0.717) is 19.6 Å². The molecular weight excluding hydrogens is 321 g/mol. The molecule has 0 saturated carbocycles. The second-order valence-electron chi connectivity index (χ2n) is 6.77. The molecule has 0 unspecified atom stereocenters. The zero-order valence-corrected chi connectivity index (χ0v) is 14.6. The molecule has 0 bridgehead atoms. The summed E-state index contributed by atoms with van der Waals surface area (Å²) < 4.78 is 31.1. The van der Waals surface area contributed by atoms with Gasteiger partial charge in [0.05, 0.1) is 12.7 Å². The minimum atomic E-state index is -0.608. The summed E-state index contributed by atoms with van der Waals surface area (Å²) in [5, 5.41) is 0. The lowest BCUT2D eigenvalue weighted by Crippen LogP contribution is -2.39. The Morgan fingerprint density at radius 3 is 2.60 bits per heavy atom. The maximum absolute atomic E-state index is 14.3. The van der Waals surface area contributed by atoms with E-state index in [1.807, 2.05) is 50.2 Å². The largest absolute Gasteiger partial charge is 0.486 e. The first-order valence-electron chi connectivity index (χ1n) is 8.45. The van der Waals surface area contributed by atoms with Crippen LogP contribution in [0.5, 0.6) is 5.75 Å². The van der Waals surface area contributed by atoms with Crippen molar-refractivity contribution in [2.45, 2.75) is 44.8 Å². The van der Waals surface area contributed by atoms with E-state index in [1.165, 1.54) is 6.07 Å². The normalized spacial score (nSPS) is 20.4. The highest BCUT2D eigenvalue weighted by molar-refractivity contribution is 5.30. The number of hydrogen-bond acceptors (Lipinski definition) is 4. The molecule has 0 spiro atoms. The lowest BCUT2D eigenvalue weighted by Gasteiger charge is -2.21. The zero-order valence-electron chi connectivity index (χ0n) is 14.6. The predicted molar refractivity (Wildman–Crippen MR) is 93.8 cm³/mol. The average Bonchev–Trinajstić information content (AvgIpc) is 2.95. The molecule has 1 saturated heterocycles. The Morgan fingerprint density at radius 1 is 1.20 bits per heavy atom. The van der Waals surface area contributed by atoms with E-state index in [0.717, 1.165) is 11.1 Å². The van der Waals surface area contributed by atoms with Gasteiger partial charge in [0.2, 0.25) is 0 Å². The highest BCUT2D eigenvalue weighted by Crippen LogP contribution is 2.26. The molecule has 0 aromatic heterocycles. The first-order valence-corrected chi connectivity index (χ1v) is 8.45. The van der Waals surface area contributed by atoms with Crippen molar-refractivity contribution in [3.05, 3.63) is 65.5 Å². The van der Waals surface area contributed by atoms with E-state index in [9.17, 15) is 4.39 Å². The summed E-state index contributed by atoms with van der Waals surface area (Å²) in [6.07, 6.45) is 0.326. The Labute approximate surface area is 147 Å². The van der Waals surface area contributed by atoms with Gasteiger partial charge in [0, 0.05) is 6.04 Å². The fourth-order valence-corrected chi connectivity index (χ4v) is 2.85. The van der Waals surface area contributed by atoms with E-state index in [1.54, 1.807) is 6.07 Å². The molecule has 5 heteroatoms. The van der Waals surface area contributed by atoms with Crippen LogP contribution in [0.1, 0.15) is 25.0 Å². The van der Waals surface area contributed by atoms with Crippen LogP contribution in [-0.2, 0) is 22.5 Å². The van der Waals surface area contributed by atoms with Gasteiger partial charge < -0.3 is 19.9 Å². The number of hydrogen-bond donors (Lipinski definition) is 1. The van der Waals surface area contributed by atoms with Crippen molar-refractivity contribution in [2.24, 2.45) is 5.73 Å². The highest BCUT2D eigenvalue weighted by atomic mass is 19.1. The maximum Gasteiger partial charge on any atom is 0.165 e. The topological polar surface area (TPSA) is 53.7 Å². The summed E-state index contributed by atoms with van der Waals surface area (Å²) >= 11 is 0. The maximum atomic E-state index is 14.3. The van der Waals surface area contributed by atoms with E-state index in [-0.39, 0.29) is 23.7 Å². The molecule has 2 aromatic carbocycles. The average molecular weight is 345 g/mol. The summed E-state index contributed by atoms with van der Waals surface area (Å²) in [7, 11) is 0. The van der Waals surface area contributed by atoms with Crippen LogP contribution >= 0.6 is 0 Å². The molecular formula is C20H24FNO3. The van der Waals surface area contributed by atoms with Crippen molar-refractivity contribution in [1.82, 2.24) is 0 Å². The van der Waals surface area contributed by atoms with Crippen LogP contribution in [0.25, 0.3) is 0 Å². The monoisotopic (exact) mass is 345 g/mol. The Hall–Kier alpha value is -1.95. The Balaban J connectivity index is 1.58. The van der Waals surface area contributed by atoms with Gasteiger partial charge in [-0.2, -0.15) is 0 Å². The minimum Gasteiger partial charge on any atom is -0.486 e. The van der Waals surface area contributed by atoms with Crippen LogP contribution in [0.15, 0.2) is 48.5 Å². The van der Waals surface area contributed by atoms with E-state index in [4.69, 9.17) is 19.9 Å². The van der Waals surface area contributed by atoms with E-state index >= 15 is 0 Å². The molecule has 0 amide bonds. The van der Waals surface area contributed by atoms with E-state index < -0.39 is 5.79 Å². The summed E-state index contributed by atoms with van der Waals surface area (Å²) in [6, 6.07) is 14.4. The predicted octanol–water partition coefficient (Wildman–Crippen LogP) is 3.43. The smallest absolute Gasteiger partial charge is 0.165 e. The third-order valence-electron chi connectivity index (χ3n) is 4.21. The lowest BCUT2D eigenvalue weighted by molar-refractivity contribution is -0.140. The van der Waals surface area contributed by atoms with Crippen molar-refractivity contribution in [3.63, 3.8) is 0 Å². The lowest BCUT2D eigenvalue weighted by atomic mass is 10.0. The van der Waals surface area contributed by atoms with Crippen molar-refractivity contribution in [2.75, 3.05) is 6.61 Å². The van der Waals surface area contributed by atoms with Crippen molar-refractivity contribution < 1.29 is 18.6 Å². The van der Waals surface area contributed by atoms with Gasteiger partial charge in [-0.05, 0) is 43.5 Å². The molecule has 3 rings (SSSR count). The summed E-state index contributed by atoms with van der Waals surface area (Å²) in [5.74, 6) is -0.754.